The van der Waals surface area contributed by atoms with E-state index in [0.717, 1.165) is 18.8 Å². The molecule has 9 heteroatoms. The Hall–Kier alpha value is -3.46. The molecule has 0 spiro atoms. The van der Waals surface area contributed by atoms with Gasteiger partial charge in [0.25, 0.3) is 0 Å². The Kier molecular flexibility index (Phi) is 5.16. The van der Waals surface area contributed by atoms with Gasteiger partial charge in [0.1, 0.15) is 5.82 Å². The second-order valence-corrected chi connectivity index (χ2v) is 6.15. The van der Waals surface area contributed by atoms with Crippen molar-refractivity contribution in [1.82, 2.24) is 10.2 Å². The van der Waals surface area contributed by atoms with Gasteiger partial charge in [0.05, 0.1) is 13.2 Å². The van der Waals surface area contributed by atoms with Gasteiger partial charge in [-0.3, -0.25) is 4.79 Å². The maximum Gasteiger partial charge on any atom is 0.320 e. The predicted molar refractivity (Wildman–Crippen MR) is 101 cm³/mol. The molecule has 8 nitrogen and oxygen atoms in total. The molecule has 28 heavy (non-hydrogen) atoms. The molecule has 144 valence electrons. The second-order valence-electron chi connectivity index (χ2n) is 6.15. The number of anilines is 4. The first-order chi connectivity index (χ1) is 13.7. The highest BCUT2D eigenvalue weighted by molar-refractivity contribution is 6.01. The monoisotopic (exact) mass is 383 g/mol. The van der Waals surface area contributed by atoms with Crippen LogP contribution in [0.2, 0.25) is 0 Å². The lowest BCUT2D eigenvalue weighted by atomic mass is 10.2. The van der Waals surface area contributed by atoms with E-state index in [-0.39, 0.29) is 11.9 Å². The molecule has 0 aliphatic carbocycles. The summed E-state index contributed by atoms with van der Waals surface area (Å²) in [5.74, 6) is -1.13. The normalized spacial score (nSPS) is 14.0. The van der Waals surface area contributed by atoms with Gasteiger partial charge in [-0.1, -0.05) is 11.2 Å². The number of ether oxygens (including phenoxy) is 1. The molecule has 2 heterocycles. The SMILES string of the molecule is O=C(Nc1ccc(N2CCOCC2)cc1)c1nnc(Nc2cccc(F)c2)o1. The van der Waals surface area contributed by atoms with E-state index in [1.165, 1.54) is 12.1 Å². The van der Waals surface area contributed by atoms with Crippen LogP contribution in [0, 0.1) is 5.82 Å². The van der Waals surface area contributed by atoms with E-state index in [1.807, 2.05) is 24.3 Å². The van der Waals surface area contributed by atoms with Crippen LogP contribution in [0.1, 0.15) is 10.7 Å². The van der Waals surface area contributed by atoms with E-state index in [2.05, 4.69) is 25.7 Å². The molecule has 4 rings (SSSR count). The number of hydrogen-bond acceptors (Lipinski definition) is 7. The van der Waals surface area contributed by atoms with Crippen molar-refractivity contribution in [2.24, 2.45) is 0 Å². The van der Waals surface area contributed by atoms with Crippen molar-refractivity contribution in [2.75, 3.05) is 41.8 Å². The minimum Gasteiger partial charge on any atom is -0.399 e. The van der Waals surface area contributed by atoms with Gasteiger partial charge in [-0.05, 0) is 42.5 Å². The number of nitrogens with one attached hydrogen (secondary N) is 2. The molecule has 1 amide bonds. The number of rotatable bonds is 5. The van der Waals surface area contributed by atoms with Crippen LogP contribution in [0.25, 0.3) is 0 Å². The van der Waals surface area contributed by atoms with Gasteiger partial charge < -0.3 is 24.7 Å². The summed E-state index contributed by atoms with van der Waals surface area (Å²) in [5.41, 5.74) is 2.12. The fourth-order valence-corrected chi connectivity index (χ4v) is 2.82. The summed E-state index contributed by atoms with van der Waals surface area (Å²) in [5, 5.41) is 12.9. The van der Waals surface area contributed by atoms with Crippen LogP contribution in [0.15, 0.2) is 52.9 Å². The molecule has 3 aromatic rings. The van der Waals surface area contributed by atoms with Crippen LogP contribution in [0.4, 0.5) is 27.5 Å². The first-order valence-corrected chi connectivity index (χ1v) is 8.77. The van der Waals surface area contributed by atoms with Crippen molar-refractivity contribution in [2.45, 2.75) is 0 Å². The van der Waals surface area contributed by atoms with Crippen molar-refractivity contribution in [3.63, 3.8) is 0 Å². The minimum atomic E-state index is -0.529. The van der Waals surface area contributed by atoms with E-state index in [1.54, 1.807) is 12.1 Å². The van der Waals surface area contributed by atoms with Crippen LogP contribution >= 0.6 is 0 Å². The molecule has 1 aromatic heterocycles. The average Bonchev–Trinajstić information content (AvgIpc) is 3.18. The average molecular weight is 383 g/mol. The number of benzene rings is 2. The van der Waals surface area contributed by atoms with Gasteiger partial charge in [0.2, 0.25) is 0 Å². The largest absolute Gasteiger partial charge is 0.399 e. The number of amides is 1. The molecule has 1 aliphatic heterocycles. The number of carbonyl (C=O) groups excluding carboxylic acids is 1. The molecule has 0 radical (unpaired) electrons. The van der Waals surface area contributed by atoms with E-state index in [0.29, 0.717) is 24.6 Å². The summed E-state index contributed by atoms with van der Waals surface area (Å²) < 4.78 is 23.8. The van der Waals surface area contributed by atoms with Crippen molar-refractivity contribution < 1.29 is 18.3 Å². The smallest absolute Gasteiger partial charge is 0.320 e. The lowest BCUT2D eigenvalue weighted by Crippen LogP contribution is -2.36. The molecule has 1 aliphatic rings. The molecule has 0 unspecified atom stereocenters. The fraction of sp³-hybridized carbons (Fsp3) is 0.211. The number of aromatic nitrogens is 2. The van der Waals surface area contributed by atoms with E-state index in [9.17, 15) is 9.18 Å². The third kappa shape index (κ3) is 4.26. The zero-order valence-corrected chi connectivity index (χ0v) is 14.9. The Bertz CT molecular complexity index is 954. The molecule has 2 aromatic carbocycles. The summed E-state index contributed by atoms with van der Waals surface area (Å²) in [6.45, 7) is 3.10. The lowest BCUT2D eigenvalue weighted by Gasteiger charge is -2.28. The molecule has 0 bridgehead atoms. The van der Waals surface area contributed by atoms with Gasteiger partial charge in [0, 0.05) is 30.2 Å². The number of hydrogen-bond donors (Lipinski definition) is 2. The highest BCUT2D eigenvalue weighted by Gasteiger charge is 2.16. The molecule has 0 atom stereocenters. The third-order valence-corrected chi connectivity index (χ3v) is 4.20. The van der Waals surface area contributed by atoms with Crippen molar-refractivity contribution in [3.05, 3.63) is 60.2 Å². The number of morpholine rings is 1. The van der Waals surface area contributed by atoms with Crippen LogP contribution in [-0.4, -0.2) is 42.4 Å². The Morgan fingerprint density at radius 3 is 2.57 bits per heavy atom. The lowest BCUT2D eigenvalue weighted by molar-refractivity contribution is 0.0991. The molecule has 1 saturated heterocycles. The molecule has 2 N–H and O–H groups in total. The Balaban J connectivity index is 1.37. The zero-order chi connectivity index (χ0) is 19.3. The van der Waals surface area contributed by atoms with E-state index in [4.69, 9.17) is 9.15 Å². The summed E-state index contributed by atoms with van der Waals surface area (Å²) in [7, 11) is 0. The summed E-state index contributed by atoms with van der Waals surface area (Å²) in [6, 6.07) is 13.3. The first-order valence-electron chi connectivity index (χ1n) is 8.77. The van der Waals surface area contributed by atoms with Crippen LogP contribution in [0.3, 0.4) is 0 Å². The number of carbonyl (C=O) groups is 1. The minimum absolute atomic E-state index is 0.00147. The first kappa shape index (κ1) is 17.9. The number of nitrogens with zero attached hydrogens (tertiary/aromatic N) is 3. The summed E-state index contributed by atoms with van der Waals surface area (Å²) in [6.07, 6.45) is 0. The van der Waals surface area contributed by atoms with Crippen molar-refractivity contribution >= 4 is 29.0 Å². The molecule has 0 saturated carbocycles. The highest BCUT2D eigenvalue weighted by atomic mass is 19.1. The predicted octanol–water partition coefficient (Wildman–Crippen LogP) is 3.04. The van der Waals surface area contributed by atoms with Gasteiger partial charge in [-0.15, -0.1) is 5.10 Å². The highest BCUT2D eigenvalue weighted by Crippen LogP contribution is 2.20. The standard InChI is InChI=1S/C19H18FN5O3/c20-13-2-1-3-15(12-13)22-19-24-23-18(28-19)17(26)21-14-4-6-16(7-5-14)25-8-10-27-11-9-25/h1-7,12H,8-11H2,(H,21,26)(H,22,24). The Morgan fingerprint density at radius 2 is 1.82 bits per heavy atom. The number of halogens is 1. The van der Waals surface area contributed by atoms with Crippen LogP contribution in [-0.2, 0) is 4.74 Å². The Morgan fingerprint density at radius 1 is 1.04 bits per heavy atom. The van der Waals surface area contributed by atoms with Gasteiger partial charge in [0.15, 0.2) is 0 Å². The maximum atomic E-state index is 13.2. The Labute approximate surface area is 160 Å². The summed E-state index contributed by atoms with van der Waals surface area (Å²) in [4.78, 5) is 14.5. The van der Waals surface area contributed by atoms with Crippen molar-refractivity contribution in [3.8, 4) is 0 Å². The van der Waals surface area contributed by atoms with Gasteiger partial charge >= 0.3 is 17.8 Å². The quantitative estimate of drug-likeness (QED) is 0.699. The third-order valence-electron chi connectivity index (χ3n) is 4.20. The molecule has 1 fully saturated rings. The van der Waals surface area contributed by atoms with Gasteiger partial charge in [-0.2, -0.15) is 0 Å². The second kappa shape index (κ2) is 8.05. The summed E-state index contributed by atoms with van der Waals surface area (Å²) >= 11 is 0. The fourth-order valence-electron chi connectivity index (χ4n) is 2.82. The van der Waals surface area contributed by atoms with Crippen LogP contribution in [0.5, 0.6) is 0 Å². The maximum absolute atomic E-state index is 13.2. The molecular formula is C19H18FN5O3. The molecular weight excluding hydrogens is 365 g/mol. The van der Waals surface area contributed by atoms with E-state index >= 15 is 0 Å². The topological polar surface area (TPSA) is 92.5 Å². The van der Waals surface area contributed by atoms with Gasteiger partial charge in [-0.25, -0.2) is 4.39 Å². The van der Waals surface area contributed by atoms with Crippen LogP contribution < -0.4 is 15.5 Å². The zero-order valence-electron chi connectivity index (χ0n) is 14.9. The van der Waals surface area contributed by atoms with Crippen molar-refractivity contribution in [1.29, 1.82) is 0 Å². The van der Waals surface area contributed by atoms with E-state index < -0.39 is 11.7 Å².